The lowest BCUT2D eigenvalue weighted by atomic mass is 9.65. The molecule has 0 bridgehead atoms. The lowest BCUT2D eigenvalue weighted by molar-refractivity contribution is -0.155. The van der Waals surface area contributed by atoms with Gasteiger partial charge in [-0.05, 0) is 55.0 Å². The van der Waals surface area contributed by atoms with Gasteiger partial charge in [0.1, 0.15) is 23.2 Å². The van der Waals surface area contributed by atoms with Gasteiger partial charge in [-0.25, -0.2) is 13.6 Å². The van der Waals surface area contributed by atoms with Crippen molar-refractivity contribution in [3.8, 4) is 0 Å². The Kier molecular flexibility index (Phi) is 7.47. The van der Waals surface area contributed by atoms with E-state index in [2.05, 4.69) is 10.6 Å². The van der Waals surface area contributed by atoms with Crippen LogP contribution in [0.4, 0.5) is 14.5 Å². The van der Waals surface area contributed by atoms with Crippen molar-refractivity contribution < 1.29 is 38.2 Å². The van der Waals surface area contributed by atoms with Crippen LogP contribution in [0.1, 0.15) is 49.5 Å². The number of aliphatic carboxylic acids is 2. The largest absolute Gasteiger partial charge is 0.481 e. The average molecular weight is 503 g/mol. The minimum atomic E-state index is -1.27. The van der Waals surface area contributed by atoms with E-state index >= 15 is 0 Å². The Morgan fingerprint density at radius 3 is 2.08 bits per heavy atom. The minimum Gasteiger partial charge on any atom is -0.481 e. The molecule has 0 aromatic heterocycles. The second kappa shape index (κ2) is 10.0. The summed E-state index contributed by atoms with van der Waals surface area (Å²) in [4.78, 5) is 48.9. The van der Waals surface area contributed by atoms with Crippen LogP contribution in [-0.2, 0) is 20.8 Å². The van der Waals surface area contributed by atoms with Crippen molar-refractivity contribution in [2.45, 2.75) is 46.1 Å². The van der Waals surface area contributed by atoms with Crippen molar-refractivity contribution in [2.24, 2.45) is 16.7 Å². The van der Waals surface area contributed by atoms with Crippen molar-refractivity contribution >= 4 is 29.4 Å². The molecule has 192 valence electrons. The van der Waals surface area contributed by atoms with Crippen molar-refractivity contribution in [3.63, 3.8) is 0 Å². The van der Waals surface area contributed by atoms with E-state index in [4.69, 9.17) is 0 Å². The number of halogens is 2. The summed E-state index contributed by atoms with van der Waals surface area (Å²) in [5, 5.41) is 24.2. The maximum absolute atomic E-state index is 13.8. The lowest BCUT2D eigenvalue weighted by Gasteiger charge is -2.38. The summed E-state index contributed by atoms with van der Waals surface area (Å²) in [6.07, 6.45) is 0.556. The summed E-state index contributed by atoms with van der Waals surface area (Å²) >= 11 is 0. The van der Waals surface area contributed by atoms with Gasteiger partial charge in [0.05, 0.1) is 5.41 Å². The van der Waals surface area contributed by atoms with Gasteiger partial charge in [-0.2, -0.15) is 0 Å². The maximum atomic E-state index is 13.8. The van der Waals surface area contributed by atoms with Crippen molar-refractivity contribution in [1.82, 2.24) is 5.32 Å². The SMILES string of the molecule is CC1(C)[C@@H](C(=O)N[C@@H](Cc2ccc(NC(=O)c3c(F)cccc3F)cc2)C(=O)O)CC[C@@]1(C)C(=O)O. The Morgan fingerprint density at radius 2 is 1.58 bits per heavy atom. The molecule has 36 heavy (non-hydrogen) atoms. The average Bonchev–Trinajstić information content (AvgIpc) is 3.04. The molecule has 8 nitrogen and oxygen atoms in total. The summed E-state index contributed by atoms with van der Waals surface area (Å²) in [6, 6.07) is 7.76. The lowest BCUT2D eigenvalue weighted by Crippen LogP contribution is -2.49. The number of hydrogen-bond acceptors (Lipinski definition) is 4. The summed E-state index contributed by atoms with van der Waals surface area (Å²) in [7, 11) is 0. The molecule has 2 aromatic carbocycles. The molecule has 4 N–H and O–H groups in total. The molecule has 2 amide bonds. The third-order valence-electron chi connectivity index (χ3n) is 7.47. The van der Waals surface area contributed by atoms with Crippen LogP contribution >= 0.6 is 0 Å². The number of carbonyl (C=O) groups is 4. The highest BCUT2D eigenvalue weighted by Crippen LogP contribution is 2.56. The molecule has 1 fully saturated rings. The zero-order valence-corrected chi connectivity index (χ0v) is 20.1. The smallest absolute Gasteiger partial charge is 0.326 e. The number of hydrogen-bond donors (Lipinski definition) is 4. The van der Waals surface area contributed by atoms with E-state index in [1.807, 2.05) is 0 Å². The van der Waals surface area contributed by atoms with Gasteiger partial charge >= 0.3 is 11.9 Å². The predicted octanol–water partition coefficient (Wildman–Crippen LogP) is 3.86. The molecule has 0 radical (unpaired) electrons. The van der Waals surface area contributed by atoms with Gasteiger partial charge in [0.2, 0.25) is 5.91 Å². The zero-order valence-electron chi connectivity index (χ0n) is 20.1. The highest BCUT2D eigenvalue weighted by molar-refractivity contribution is 6.04. The van der Waals surface area contributed by atoms with Gasteiger partial charge < -0.3 is 20.8 Å². The third kappa shape index (κ3) is 5.07. The number of amides is 2. The molecule has 1 aliphatic carbocycles. The molecule has 3 rings (SSSR count). The first-order valence-corrected chi connectivity index (χ1v) is 11.4. The van der Waals surface area contributed by atoms with E-state index in [-0.39, 0.29) is 12.1 Å². The number of carboxylic acid groups (broad SMARTS) is 2. The number of carboxylic acids is 2. The van der Waals surface area contributed by atoms with E-state index in [0.29, 0.717) is 18.4 Å². The summed E-state index contributed by atoms with van der Waals surface area (Å²) in [5.74, 6) is -6.42. The predicted molar refractivity (Wildman–Crippen MR) is 126 cm³/mol. The van der Waals surface area contributed by atoms with E-state index in [1.54, 1.807) is 20.8 Å². The molecule has 2 aromatic rings. The Bertz CT molecular complexity index is 1180. The monoisotopic (exact) mass is 502 g/mol. The highest BCUT2D eigenvalue weighted by Gasteiger charge is 2.58. The van der Waals surface area contributed by atoms with Crippen LogP contribution in [0.5, 0.6) is 0 Å². The van der Waals surface area contributed by atoms with E-state index in [0.717, 1.165) is 18.2 Å². The van der Waals surface area contributed by atoms with Gasteiger partial charge in [0, 0.05) is 18.0 Å². The summed E-state index contributed by atoms with van der Waals surface area (Å²) < 4.78 is 27.6. The first kappa shape index (κ1) is 26.8. The zero-order chi connectivity index (χ0) is 26.8. The van der Waals surface area contributed by atoms with Crippen LogP contribution in [-0.4, -0.2) is 40.0 Å². The molecule has 0 heterocycles. The normalized spacial score (nSPS) is 21.4. The Balaban J connectivity index is 1.68. The van der Waals surface area contributed by atoms with Crippen LogP contribution in [0, 0.1) is 28.4 Å². The number of nitrogens with one attached hydrogen (secondary N) is 2. The topological polar surface area (TPSA) is 133 Å². The van der Waals surface area contributed by atoms with Gasteiger partial charge in [0.15, 0.2) is 0 Å². The number of benzene rings is 2. The molecule has 0 spiro atoms. The molecule has 1 aliphatic rings. The van der Waals surface area contributed by atoms with Gasteiger partial charge in [-0.15, -0.1) is 0 Å². The van der Waals surface area contributed by atoms with Gasteiger partial charge in [-0.3, -0.25) is 14.4 Å². The number of anilines is 1. The summed E-state index contributed by atoms with van der Waals surface area (Å²) in [5.41, 5.74) is -1.95. The number of carbonyl (C=O) groups excluding carboxylic acids is 2. The Morgan fingerprint density at radius 1 is 1.00 bits per heavy atom. The fourth-order valence-electron chi connectivity index (χ4n) is 4.68. The molecule has 0 saturated heterocycles. The molecular weight excluding hydrogens is 474 g/mol. The van der Waals surface area contributed by atoms with Crippen molar-refractivity contribution in [2.75, 3.05) is 5.32 Å². The van der Waals surface area contributed by atoms with Crippen LogP contribution in [0.2, 0.25) is 0 Å². The van der Waals surface area contributed by atoms with E-state index in [1.165, 1.54) is 24.3 Å². The Hall–Kier alpha value is -3.82. The molecule has 3 atom stereocenters. The molecule has 0 aliphatic heterocycles. The maximum Gasteiger partial charge on any atom is 0.326 e. The first-order valence-electron chi connectivity index (χ1n) is 11.4. The van der Waals surface area contributed by atoms with Gasteiger partial charge in [-0.1, -0.05) is 32.0 Å². The second-order valence-electron chi connectivity index (χ2n) is 9.80. The van der Waals surface area contributed by atoms with Crippen LogP contribution in [0.25, 0.3) is 0 Å². The highest BCUT2D eigenvalue weighted by atomic mass is 19.1. The molecule has 1 saturated carbocycles. The third-order valence-corrected chi connectivity index (χ3v) is 7.47. The number of rotatable bonds is 8. The Labute approximate surface area is 206 Å². The van der Waals surface area contributed by atoms with Crippen molar-refractivity contribution in [3.05, 3.63) is 65.2 Å². The van der Waals surface area contributed by atoms with Crippen molar-refractivity contribution in [1.29, 1.82) is 0 Å². The van der Waals surface area contributed by atoms with Crippen LogP contribution in [0.15, 0.2) is 42.5 Å². The quantitative estimate of drug-likeness (QED) is 0.433. The standard InChI is InChI=1S/C26H28F2N2O6/c1-25(2)16(11-12-26(25,3)24(35)36)21(31)30-19(23(33)34)13-14-7-9-15(10-8-14)29-22(32)20-17(27)5-4-6-18(20)28/h4-10,16,19H,11-13H2,1-3H3,(H,29,32)(H,30,31)(H,33,34)(H,35,36)/t16-,19+,26+/m1/s1. The van der Waals surface area contributed by atoms with Crippen LogP contribution < -0.4 is 10.6 Å². The molecular formula is C26H28F2N2O6. The van der Waals surface area contributed by atoms with E-state index < -0.39 is 63.7 Å². The summed E-state index contributed by atoms with van der Waals surface area (Å²) in [6.45, 7) is 5.00. The molecule has 0 unspecified atom stereocenters. The van der Waals surface area contributed by atoms with E-state index in [9.17, 15) is 38.2 Å². The fraction of sp³-hybridized carbons (Fsp3) is 0.385. The first-order chi connectivity index (χ1) is 16.8. The minimum absolute atomic E-state index is 0.0689. The fourth-order valence-corrected chi connectivity index (χ4v) is 4.68. The molecule has 10 heteroatoms. The second-order valence-corrected chi connectivity index (χ2v) is 9.80. The van der Waals surface area contributed by atoms with Crippen LogP contribution in [0.3, 0.4) is 0 Å². The van der Waals surface area contributed by atoms with Gasteiger partial charge in [0.25, 0.3) is 5.91 Å².